The van der Waals surface area contributed by atoms with E-state index in [0.29, 0.717) is 25.8 Å². The maximum absolute atomic E-state index is 14.3. The van der Waals surface area contributed by atoms with E-state index in [1.165, 1.54) is 6.42 Å². The molecule has 4 heterocycles. The lowest BCUT2D eigenvalue weighted by atomic mass is 9.78. The van der Waals surface area contributed by atoms with Gasteiger partial charge in [0.25, 0.3) is 0 Å². The molecule has 0 spiro atoms. The average Bonchev–Trinajstić information content (AvgIpc) is 3.41. The normalized spacial score (nSPS) is 43.6. The number of methoxy groups -OCH3 is 1. The fourth-order valence-electron chi connectivity index (χ4n) is 8.85. The number of carbonyl (C=O) groups is 3. The van der Waals surface area contributed by atoms with Crippen molar-refractivity contribution in [1.82, 2.24) is 20.4 Å². The average molecular weight is 711 g/mol. The zero-order chi connectivity index (χ0) is 37.1. The fraction of sp³-hybridized carbons (Fsp3) is 0.919. The number of rotatable bonds is 7. The minimum absolute atomic E-state index is 0.0288. The van der Waals surface area contributed by atoms with E-state index in [1.807, 2.05) is 39.8 Å². The Morgan fingerprint density at radius 2 is 1.74 bits per heavy atom. The second-order valence-electron chi connectivity index (χ2n) is 16.2. The molecule has 3 N–H and O–H groups in total. The highest BCUT2D eigenvalue weighted by molar-refractivity contribution is 6.00. The molecule has 0 aromatic carbocycles. The molecule has 288 valence electrons. The van der Waals surface area contributed by atoms with Gasteiger partial charge >= 0.3 is 12.1 Å². The quantitative estimate of drug-likeness (QED) is 0.264. The van der Waals surface area contributed by atoms with Gasteiger partial charge in [-0.05, 0) is 106 Å². The Kier molecular flexibility index (Phi) is 13.8. The predicted molar refractivity (Wildman–Crippen MR) is 188 cm³/mol. The monoisotopic (exact) mass is 710 g/mol. The fourth-order valence-corrected chi connectivity index (χ4v) is 8.85. The van der Waals surface area contributed by atoms with Gasteiger partial charge in [-0.15, -0.1) is 0 Å². The van der Waals surface area contributed by atoms with Crippen molar-refractivity contribution >= 4 is 17.8 Å². The van der Waals surface area contributed by atoms with Gasteiger partial charge in [0.15, 0.2) is 17.7 Å². The highest BCUT2D eigenvalue weighted by Crippen LogP contribution is 2.38. The number of alkyl carbamates (subject to hydrolysis) is 1. The molecule has 13 heteroatoms. The smallest absolute Gasteiger partial charge is 0.408 e. The van der Waals surface area contributed by atoms with E-state index >= 15 is 0 Å². The molecule has 0 bridgehead atoms. The number of aliphatic hydroxyl groups is 1. The number of cyclic esters (lactones) is 1. The number of nitrogens with zero attached hydrogens (tertiary/aromatic N) is 2. The Labute approximate surface area is 299 Å². The maximum Gasteiger partial charge on any atom is 0.408 e. The lowest BCUT2D eigenvalue weighted by molar-refractivity contribution is -0.303. The first-order chi connectivity index (χ1) is 23.5. The molecule has 0 aliphatic carbocycles. The van der Waals surface area contributed by atoms with Crippen molar-refractivity contribution < 1.29 is 43.2 Å². The number of hydrogen-bond acceptors (Lipinski definition) is 12. The van der Waals surface area contributed by atoms with E-state index in [9.17, 15) is 19.5 Å². The van der Waals surface area contributed by atoms with Crippen molar-refractivity contribution in [2.45, 2.75) is 160 Å². The number of ether oxygens (including phenoxy) is 5. The summed E-state index contributed by atoms with van der Waals surface area (Å²) in [5.41, 5.74) is -2.17. The maximum atomic E-state index is 14.3. The SMILES string of the molecule is CC[C@H]1OC(=O)C(C)C(=O)[C@H](C)[C@@H](O[C@@H]2O[C@H]([C@H](C)N3CCCCC3)CC(N(C)C)[C@H]2O)[C@](C)(OC)C[C@@H](C)CN[C@H](C)[C@H]2NC(=O)O[C@@]21C. The molecular formula is C37H66N4O9. The van der Waals surface area contributed by atoms with Crippen molar-refractivity contribution in [3.63, 3.8) is 0 Å². The largest absolute Gasteiger partial charge is 0.458 e. The molecule has 13 nitrogen and oxygen atoms in total. The van der Waals surface area contributed by atoms with Crippen LogP contribution < -0.4 is 10.6 Å². The van der Waals surface area contributed by atoms with Gasteiger partial charge in [0.05, 0.1) is 23.9 Å². The molecule has 0 saturated carbocycles. The lowest BCUT2D eigenvalue weighted by Crippen LogP contribution is -2.61. The van der Waals surface area contributed by atoms with Gasteiger partial charge in [0, 0.05) is 31.2 Å². The Morgan fingerprint density at radius 1 is 1.08 bits per heavy atom. The highest BCUT2D eigenvalue weighted by Gasteiger charge is 2.55. The van der Waals surface area contributed by atoms with Gasteiger partial charge in [-0.2, -0.15) is 0 Å². The summed E-state index contributed by atoms with van der Waals surface area (Å²) >= 11 is 0. The van der Waals surface area contributed by atoms with E-state index in [0.717, 1.165) is 25.9 Å². The van der Waals surface area contributed by atoms with Crippen LogP contribution in [0.4, 0.5) is 4.79 Å². The molecule has 4 rings (SSSR count). The molecule has 50 heavy (non-hydrogen) atoms. The molecule has 4 aliphatic heterocycles. The highest BCUT2D eigenvalue weighted by atomic mass is 16.7. The van der Waals surface area contributed by atoms with Crippen LogP contribution in [0.5, 0.6) is 0 Å². The number of Topliss-reactive ketones (excluding diaryl/α,β-unsaturated/α-hetero) is 1. The Morgan fingerprint density at radius 3 is 2.34 bits per heavy atom. The van der Waals surface area contributed by atoms with Crippen molar-refractivity contribution in [3.05, 3.63) is 0 Å². The van der Waals surface area contributed by atoms with Gasteiger partial charge < -0.3 is 44.3 Å². The molecule has 0 aromatic rings. The summed E-state index contributed by atoms with van der Waals surface area (Å²) in [6.07, 6.45) is 0.553. The third-order valence-electron chi connectivity index (χ3n) is 12.2. The summed E-state index contributed by atoms with van der Waals surface area (Å²) in [5.74, 6) is -3.02. The predicted octanol–water partition coefficient (Wildman–Crippen LogP) is 3.11. The third kappa shape index (κ3) is 8.66. The van der Waals surface area contributed by atoms with Crippen LogP contribution in [-0.4, -0.2) is 140 Å². The Balaban J connectivity index is 1.69. The number of hydrogen-bond donors (Lipinski definition) is 3. The number of carbonyl (C=O) groups excluding carboxylic acids is 3. The van der Waals surface area contributed by atoms with Crippen molar-refractivity contribution in [1.29, 1.82) is 0 Å². The molecular weight excluding hydrogens is 644 g/mol. The summed E-state index contributed by atoms with van der Waals surface area (Å²) in [7, 11) is 5.50. The lowest BCUT2D eigenvalue weighted by Gasteiger charge is -2.49. The molecule has 4 aliphatic rings. The van der Waals surface area contributed by atoms with Gasteiger partial charge in [0.2, 0.25) is 0 Å². The topological polar surface area (TPSA) is 148 Å². The zero-order valence-corrected chi connectivity index (χ0v) is 32.4. The Bertz CT molecular complexity index is 1170. The van der Waals surface area contributed by atoms with Gasteiger partial charge in [-0.25, -0.2) is 4.79 Å². The second-order valence-corrected chi connectivity index (χ2v) is 16.2. The first kappa shape index (κ1) is 40.9. The van der Waals surface area contributed by atoms with E-state index in [2.05, 4.69) is 29.4 Å². The minimum Gasteiger partial charge on any atom is -0.458 e. The molecule has 0 radical (unpaired) electrons. The van der Waals surface area contributed by atoms with E-state index in [1.54, 1.807) is 27.9 Å². The summed E-state index contributed by atoms with van der Waals surface area (Å²) in [5, 5.41) is 18.2. The Hall–Kier alpha value is -1.87. The van der Waals surface area contributed by atoms with Crippen LogP contribution >= 0.6 is 0 Å². The number of amides is 1. The number of ketones is 1. The van der Waals surface area contributed by atoms with Crippen LogP contribution in [0, 0.1) is 17.8 Å². The van der Waals surface area contributed by atoms with Crippen LogP contribution in [0.1, 0.15) is 93.9 Å². The number of aliphatic hydroxyl groups excluding tert-OH is 1. The molecule has 4 saturated heterocycles. The van der Waals surface area contributed by atoms with Crippen molar-refractivity contribution in [3.8, 4) is 0 Å². The van der Waals surface area contributed by atoms with Crippen LogP contribution in [0.25, 0.3) is 0 Å². The van der Waals surface area contributed by atoms with Gasteiger partial charge in [0.1, 0.15) is 18.1 Å². The molecule has 14 atom stereocenters. The number of likely N-dealkylation sites (N-methyl/N-ethyl adjacent to an activating group) is 1. The van der Waals surface area contributed by atoms with E-state index in [-0.39, 0.29) is 35.9 Å². The van der Waals surface area contributed by atoms with Crippen LogP contribution in [-0.2, 0) is 33.3 Å². The second kappa shape index (κ2) is 16.9. The third-order valence-corrected chi connectivity index (χ3v) is 12.2. The van der Waals surface area contributed by atoms with E-state index in [4.69, 9.17) is 23.7 Å². The van der Waals surface area contributed by atoms with Crippen LogP contribution in [0.2, 0.25) is 0 Å². The molecule has 0 aromatic heterocycles. The number of esters is 1. The summed E-state index contributed by atoms with van der Waals surface area (Å²) in [6, 6.07) is -0.851. The van der Waals surface area contributed by atoms with Gasteiger partial charge in [-0.3, -0.25) is 14.5 Å². The summed E-state index contributed by atoms with van der Waals surface area (Å²) < 4.78 is 31.6. The van der Waals surface area contributed by atoms with Crippen LogP contribution in [0.15, 0.2) is 0 Å². The molecule has 2 unspecified atom stereocenters. The standard InChI is InChI=1S/C37H66N4O9/c1-12-28-37(8)31(39-35(45)50-37)24(5)38-20-21(2)19-36(7,46-11)32(22(3)29(42)23(4)33(44)48-28)49-34-30(43)26(40(9)10)18-27(47-34)25(6)41-16-14-13-15-17-41/h21-28,30-32,34,38,43H,12-20H2,1-11H3,(H,39,45)/t21-,22+,23?,24-,25+,26?,27+,28-,30-,31-,32-,34+,36-,37-/m1/s1. The number of piperidine rings is 1. The summed E-state index contributed by atoms with van der Waals surface area (Å²) in [4.78, 5) is 45.0. The molecule has 4 fully saturated rings. The van der Waals surface area contributed by atoms with E-state index < -0.39 is 65.7 Å². The zero-order valence-electron chi connectivity index (χ0n) is 32.4. The number of nitrogens with one attached hydrogen (secondary N) is 2. The molecule has 1 amide bonds. The first-order valence-corrected chi connectivity index (χ1v) is 18.9. The van der Waals surface area contributed by atoms with Gasteiger partial charge in [-0.1, -0.05) is 27.2 Å². The summed E-state index contributed by atoms with van der Waals surface area (Å²) in [6.45, 7) is 17.7. The van der Waals surface area contributed by atoms with Crippen molar-refractivity contribution in [2.24, 2.45) is 17.8 Å². The number of fused-ring (bicyclic) bond motifs is 1. The minimum atomic E-state index is -1.16. The first-order valence-electron chi connectivity index (χ1n) is 18.9. The van der Waals surface area contributed by atoms with Crippen LogP contribution in [0.3, 0.4) is 0 Å². The number of likely N-dealkylation sites (tertiary alicyclic amines) is 1. The van der Waals surface area contributed by atoms with Crippen molar-refractivity contribution in [2.75, 3.05) is 40.8 Å².